The van der Waals surface area contributed by atoms with E-state index in [1.165, 1.54) is 17.4 Å². The molecule has 1 saturated heterocycles. The Morgan fingerprint density at radius 2 is 2.30 bits per heavy atom. The van der Waals surface area contributed by atoms with E-state index in [9.17, 15) is 4.79 Å². The van der Waals surface area contributed by atoms with Gasteiger partial charge in [0.25, 0.3) is 5.56 Å². The molecule has 1 fully saturated rings. The molecule has 1 atom stereocenters. The van der Waals surface area contributed by atoms with E-state index in [1.54, 1.807) is 17.4 Å². The first kappa shape index (κ1) is 14.6. The van der Waals surface area contributed by atoms with Crippen LogP contribution in [0.1, 0.15) is 42.4 Å². The van der Waals surface area contributed by atoms with Crippen LogP contribution in [-0.2, 0) is 6.54 Å². The standard InChI is InChI=1S/C16H19N5OS/c1-11-6-15-18-13(7-16(22)21(15)19-11)14-4-2-3-5-20(14)8-12-9-23-10-17-12/h6-7,9-10,14,19H,2-5,8H2,1H3/t14-/m1/s1. The first-order valence-electron chi connectivity index (χ1n) is 7.91. The quantitative estimate of drug-likeness (QED) is 0.802. The van der Waals surface area contributed by atoms with Crippen molar-refractivity contribution >= 4 is 17.0 Å². The van der Waals surface area contributed by atoms with Crippen molar-refractivity contribution in [2.45, 2.75) is 38.8 Å². The molecule has 0 aromatic carbocycles. The highest BCUT2D eigenvalue weighted by molar-refractivity contribution is 7.07. The maximum atomic E-state index is 12.3. The topological polar surface area (TPSA) is 66.3 Å². The zero-order chi connectivity index (χ0) is 15.8. The average molecular weight is 329 g/mol. The fourth-order valence-electron chi connectivity index (χ4n) is 3.34. The van der Waals surface area contributed by atoms with Gasteiger partial charge in [-0.1, -0.05) is 6.42 Å². The molecule has 0 bridgehead atoms. The van der Waals surface area contributed by atoms with E-state index in [1.807, 2.05) is 18.5 Å². The lowest BCUT2D eigenvalue weighted by atomic mass is 9.99. The predicted octanol–water partition coefficient (Wildman–Crippen LogP) is 2.51. The summed E-state index contributed by atoms with van der Waals surface area (Å²) in [6.07, 6.45) is 3.40. The molecule has 6 nitrogen and oxygen atoms in total. The number of nitrogens with zero attached hydrogens (tertiary/aromatic N) is 4. The molecular weight excluding hydrogens is 310 g/mol. The van der Waals surface area contributed by atoms with Gasteiger partial charge in [0.1, 0.15) is 0 Å². The predicted molar refractivity (Wildman–Crippen MR) is 89.7 cm³/mol. The number of aryl methyl sites for hydroxylation is 1. The van der Waals surface area contributed by atoms with E-state index < -0.39 is 0 Å². The van der Waals surface area contributed by atoms with Crippen LogP contribution in [0.5, 0.6) is 0 Å². The van der Waals surface area contributed by atoms with Crippen molar-refractivity contribution in [1.29, 1.82) is 0 Å². The van der Waals surface area contributed by atoms with Crippen LogP contribution < -0.4 is 5.56 Å². The molecule has 0 unspecified atom stereocenters. The van der Waals surface area contributed by atoms with Gasteiger partial charge in [-0.25, -0.2) is 14.5 Å². The molecule has 0 radical (unpaired) electrons. The number of nitrogens with one attached hydrogen (secondary N) is 1. The Balaban J connectivity index is 1.70. The molecular formula is C16H19N5OS. The van der Waals surface area contributed by atoms with E-state index in [4.69, 9.17) is 4.98 Å². The van der Waals surface area contributed by atoms with Crippen LogP contribution in [0, 0.1) is 6.92 Å². The van der Waals surface area contributed by atoms with Crippen LogP contribution >= 0.6 is 11.3 Å². The Labute approximate surface area is 137 Å². The Morgan fingerprint density at radius 3 is 3.13 bits per heavy atom. The second-order valence-electron chi connectivity index (χ2n) is 6.11. The first-order chi connectivity index (χ1) is 11.2. The molecule has 0 saturated carbocycles. The van der Waals surface area contributed by atoms with Crippen LogP contribution in [0.3, 0.4) is 0 Å². The minimum Gasteiger partial charge on any atom is -0.294 e. The molecule has 4 rings (SSSR count). The second kappa shape index (κ2) is 5.90. The van der Waals surface area contributed by atoms with Gasteiger partial charge in [-0.2, -0.15) is 0 Å². The largest absolute Gasteiger partial charge is 0.294 e. The number of H-pyrrole nitrogens is 1. The lowest BCUT2D eigenvalue weighted by Gasteiger charge is -2.34. The van der Waals surface area contributed by atoms with Crippen molar-refractivity contribution in [2.75, 3.05) is 6.54 Å². The van der Waals surface area contributed by atoms with E-state index in [0.717, 1.165) is 36.6 Å². The third-order valence-corrected chi connectivity index (χ3v) is 5.04. The van der Waals surface area contributed by atoms with Crippen molar-refractivity contribution in [3.05, 3.63) is 50.5 Å². The van der Waals surface area contributed by atoms with Crippen molar-refractivity contribution < 1.29 is 0 Å². The molecule has 1 aliphatic heterocycles. The summed E-state index contributed by atoms with van der Waals surface area (Å²) in [6.45, 7) is 3.78. The SMILES string of the molecule is Cc1cc2nc([C@H]3CCCCN3Cc3cscn3)cc(=O)n2[nH]1. The molecule has 120 valence electrons. The summed E-state index contributed by atoms with van der Waals surface area (Å²) >= 11 is 1.62. The van der Waals surface area contributed by atoms with Gasteiger partial charge in [-0.3, -0.25) is 14.8 Å². The third-order valence-electron chi connectivity index (χ3n) is 4.40. The van der Waals surface area contributed by atoms with E-state index in [-0.39, 0.29) is 11.6 Å². The Kier molecular flexibility index (Phi) is 3.74. The number of likely N-dealkylation sites (tertiary alicyclic amines) is 1. The molecule has 3 aromatic rings. The Hall–Kier alpha value is -1.99. The van der Waals surface area contributed by atoms with Gasteiger partial charge in [-0.15, -0.1) is 11.3 Å². The minimum atomic E-state index is -0.0442. The third kappa shape index (κ3) is 2.82. The highest BCUT2D eigenvalue weighted by Crippen LogP contribution is 2.30. The highest BCUT2D eigenvalue weighted by atomic mass is 32.1. The van der Waals surface area contributed by atoms with Gasteiger partial charge >= 0.3 is 0 Å². The van der Waals surface area contributed by atoms with Gasteiger partial charge in [0, 0.05) is 29.8 Å². The summed E-state index contributed by atoms with van der Waals surface area (Å²) in [5.74, 6) is 0. The first-order valence-corrected chi connectivity index (χ1v) is 8.85. The molecule has 1 aliphatic rings. The van der Waals surface area contributed by atoms with E-state index in [2.05, 4.69) is 20.4 Å². The van der Waals surface area contributed by atoms with Crippen LogP contribution in [-0.4, -0.2) is 31.0 Å². The molecule has 0 amide bonds. The van der Waals surface area contributed by atoms with Gasteiger partial charge in [0.05, 0.1) is 22.9 Å². The van der Waals surface area contributed by atoms with Gasteiger partial charge in [0.15, 0.2) is 5.65 Å². The van der Waals surface area contributed by atoms with Crippen LogP contribution in [0.4, 0.5) is 0 Å². The monoisotopic (exact) mass is 329 g/mol. The number of rotatable bonds is 3. The smallest absolute Gasteiger partial charge is 0.272 e. The number of aromatic nitrogens is 4. The lowest BCUT2D eigenvalue weighted by molar-refractivity contribution is 0.136. The van der Waals surface area contributed by atoms with E-state index >= 15 is 0 Å². The lowest BCUT2D eigenvalue weighted by Crippen LogP contribution is -2.34. The number of thiazole rings is 1. The number of aromatic amines is 1. The zero-order valence-corrected chi connectivity index (χ0v) is 13.8. The number of hydrogen-bond donors (Lipinski definition) is 1. The van der Waals surface area contributed by atoms with Crippen LogP contribution in [0.15, 0.2) is 27.8 Å². The van der Waals surface area contributed by atoms with Gasteiger partial charge in [0.2, 0.25) is 0 Å². The summed E-state index contributed by atoms with van der Waals surface area (Å²) in [6, 6.07) is 3.78. The highest BCUT2D eigenvalue weighted by Gasteiger charge is 2.26. The minimum absolute atomic E-state index is 0.0442. The zero-order valence-electron chi connectivity index (χ0n) is 13.0. The maximum Gasteiger partial charge on any atom is 0.272 e. The van der Waals surface area contributed by atoms with Gasteiger partial charge in [-0.05, 0) is 26.3 Å². The molecule has 0 aliphatic carbocycles. The normalized spacial score (nSPS) is 19.4. The summed E-state index contributed by atoms with van der Waals surface area (Å²) in [7, 11) is 0. The molecule has 3 aromatic heterocycles. The van der Waals surface area contributed by atoms with Gasteiger partial charge < -0.3 is 0 Å². The number of fused-ring (bicyclic) bond motifs is 1. The van der Waals surface area contributed by atoms with Crippen molar-refractivity contribution in [2.24, 2.45) is 0 Å². The fourth-order valence-corrected chi connectivity index (χ4v) is 3.89. The van der Waals surface area contributed by atoms with Crippen molar-refractivity contribution in [1.82, 2.24) is 24.5 Å². The summed E-state index contributed by atoms with van der Waals surface area (Å²) < 4.78 is 1.51. The molecule has 7 heteroatoms. The molecule has 4 heterocycles. The summed E-state index contributed by atoms with van der Waals surface area (Å²) in [5, 5.41) is 5.11. The van der Waals surface area contributed by atoms with Crippen molar-refractivity contribution in [3.63, 3.8) is 0 Å². The van der Waals surface area contributed by atoms with Crippen molar-refractivity contribution in [3.8, 4) is 0 Å². The van der Waals surface area contributed by atoms with Crippen LogP contribution in [0.25, 0.3) is 5.65 Å². The summed E-state index contributed by atoms with van der Waals surface area (Å²) in [5.41, 5.74) is 5.44. The molecule has 0 spiro atoms. The Bertz CT molecular complexity index is 866. The van der Waals surface area contributed by atoms with Crippen LogP contribution in [0.2, 0.25) is 0 Å². The second-order valence-corrected chi connectivity index (χ2v) is 6.83. The Morgan fingerprint density at radius 1 is 1.39 bits per heavy atom. The molecule has 1 N–H and O–H groups in total. The molecule has 23 heavy (non-hydrogen) atoms. The fraction of sp³-hybridized carbons (Fsp3) is 0.438. The number of piperidine rings is 1. The average Bonchev–Trinajstić information content (AvgIpc) is 3.17. The van der Waals surface area contributed by atoms with E-state index in [0.29, 0.717) is 5.65 Å². The summed E-state index contributed by atoms with van der Waals surface area (Å²) in [4.78, 5) is 23.9. The maximum absolute atomic E-state index is 12.3. The number of hydrogen-bond acceptors (Lipinski definition) is 5.